The Kier molecular flexibility index (Phi) is 3.24. The van der Waals surface area contributed by atoms with Gasteiger partial charge in [0, 0.05) is 0 Å². The molecule has 0 radical (unpaired) electrons. The van der Waals surface area contributed by atoms with E-state index in [-0.39, 0.29) is 11.2 Å². The standard InChI is InChI=1S/C16H11N5O2S/c17-13(22)11-12-15(20-14(18-11)10-7-4-8-24-10)21(16(23)19-12)9-5-2-1-3-6-9/h1-8H,(H2,17,22)(H,19,23). The van der Waals surface area contributed by atoms with E-state index in [0.29, 0.717) is 17.2 Å². The number of amides is 1. The lowest BCUT2D eigenvalue weighted by molar-refractivity contribution is 0.0997. The molecule has 8 heteroatoms. The number of benzene rings is 1. The van der Waals surface area contributed by atoms with Gasteiger partial charge in [-0.05, 0) is 23.6 Å². The molecular weight excluding hydrogens is 326 g/mol. The monoisotopic (exact) mass is 337 g/mol. The summed E-state index contributed by atoms with van der Waals surface area (Å²) in [6.45, 7) is 0. The zero-order valence-corrected chi connectivity index (χ0v) is 13.1. The molecule has 0 aliphatic rings. The molecule has 0 fully saturated rings. The maximum atomic E-state index is 12.4. The van der Waals surface area contributed by atoms with Crippen molar-refractivity contribution in [2.45, 2.75) is 0 Å². The summed E-state index contributed by atoms with van der Waals surface area (Å²) in [5, 5.41) is 1.88. The second-order valence-electron chi connectivity index (χ2n) is 5.04. The second kappa shape index (κ2) is 5.43. The van der Waals surface area contributed by atoms with Crippen molar-refractivity contribution in [3.05, 3.63) is 64.0 Å². The van der Waals surface area contributed by atoms with Gasteiger partial charge >= 0.3 is 5.69 Å². The minimum atomic E-state index is -0.721. The van der Waals surface area contributed by atoms with E-state index in [1.165, 1.54) is 15.9 Å². The lowest BCUT2D eigenvalue weighted by Crippen LogP contribution is -2.15. The number of nitrogens with two attached hydrogens (primary N) is 1. The van der Waals surface area contributed by atoms with E-state index in [1.54, 1.807) is 12.1 Å². The minimum Gasteiger partial charge on any atom is -0.364 e. The lowest BCUT2D eigenvalue weighted by Gasteiger charge is -2.05. The van der Waals surface area contributed by atoms with Gasteiger partial charge in [0.2, 0.25) is 0 Å². The second-order valence-corrected chi connectivity index (χ2v) is 5.98. The van der Waals surface area contributed by atoms with Crippen LogP contribution in [0, 0.1) is 0 Å². The van der Waals surface area contributed by atoms with Gasteiger partial charge in [-0.2, -0.15) is 0 Å². The Balaban J connectivity index is 2.10. The molecule has 24 heavy (non-hydrogen) atoms. The molecular formula is C16H11N5O2S. The van der Waals surface area contributed by atoms with Crippen molar-refractivity contribution in [2.24, 2.45) is 5.73 Å². The van der Waals surface area contributed by atoms with Crippen LogP contribution in [0.25, 0.3) is 27.6 Å². The number of primary amides is 1. The van der Waals surface area contributed by atoms with Crippen LogP contribution in [0.4, 0.5) is 0 Å². The number of thiophene rings is 1. The normalized spacial score (nSPS) is 11.0. The number of hydrogen-bond acceptors (Lipinski definition) is 5. The molecule has 0 aliphatic carbocycles. The van der Waals surface area contributed by atoms with E-state index in [4.69, 9.17) is 5.73 Å². The Morgan fingerprint density at radius 2 is 1.92 bits per heavy atom. The zero-order chi connectivity index (χ0) is 16.7. The van der Waals surface area contributed by atoms with Crippen molar-refractivity contribution in [3.8, 4) is 16.4 Å². The first kappa shape index (κ1) is 14.3. The first-order valence-electron chi connectivity index (χ1n) is 7.07. The molecule has 7 nitrogen and oxygen atoms in total. The van der Waals surface area contributed by atoms with Crippen molar-refractivity contribution in [3.63, 3.8) is 0 Å². The summed E-state index contributed by atoms with van der Waals surface area (Å²) in [6, 6.07) is 12.8. The van der Waals surface area contributed by atoms with Crippen LogP contribution in [-0.2, 0) is 0 Å². The largest absolute Gasteiger partial charge is 0.364 e. The molecule has 0 saturated heterocycles. The fraction of sp³-hybridized carbons (Fsp3) is 0. The highest BCUT2D eigenvalue weighted by atomic mass is 32.1. The number of nitrogens with zero attached hydrogens (tertiary/aromatic N) is 3. The third-order valence-electron chi connectivity index (χ3n) is 3.53. The molecule has 0 saturated carbocycles. The highest BCUT2D eigenvalue weighted by molar-refractivity contribution is 7.13. The van der Waals surface area contributed by atoms with E-state index in [1.807, 2.05) is 35.7 Å². The molecule has 0 aliphatic heterocycles. The molecule has 1 aromatic carbocycles. The molecule has 0 unspecified atom stereocenters. The summed E-state index contributed by atoms with van der Waals surface area (Å²) >= 11 is 1.44. The number of hydrogen-bond donors (Lipinski definition) is 2. The molecule has 0 atom stereocenters. The Labute approximate surface area is 139 Å². The van der Waals surface area contributed by atoms with Crippen LogP contribution in [0.1, 0.15) is 10.5 Å². The van der Waals surface area contributed by atoms with Gasteiger partial charge in [0.05, 0.1) is 10.6 Å². The van der Waals surface area contributed by atoms with E-state index in [0.717, 1.165) is 4.88 Å². The average Bonchev–Trinajstić information content (AvgIpc) is 3.21. The predicted molar refractivity (Wildman–Crippen MR) is 91.3 cm³/mol. The van der Waals surface area contributed by atoms with Crippen LogP contribution in [-0.4, -0.2) is 25.4 Å². The first-order valence-corrected chi connectivity index (χ1v) is 7.95. The average molecular weight is 337 g/mol. The van der Waals surface area contributed by atoms with E-state index in [9.17, 15) is 9.59 Å². The first-order chi connectivity index (χ1) is 11.6. The molecule has 0 spiro atoms. The smallest absolute Gasteiger partial charge is 0.332 e. The molecule has 4 aromatic rings. The number of fused-ring (bicyclic) bond motifs is 1. The van der Waals surface area contributed by atoms with Gasteiger partial charge in [0.1, 0.15) is 5.52 Å². The van der Waals surface area contributed by atoms with Gasteiger partial charge in [0.15, 0.2) is 17.2 Å². The molecule has 3 heterocycles. The molecule has 3 N–H and O–H groups in total. The predicted octanol–water partition coefficient (Wildman–Crippen LogP) is 1.94. The van der Waals surface area contributed by atoms with Crippen molar-refractivity contribution >= 4 is 28.4 Å². The van der Waals surface area contributed by atoms with Gasteiger partial charge in [-0.1, -0.05) is 24.3 Å². The fourth-order valence-electron chi connectivity index (χ4n) is 2.50. The fourth-order valence-corrected chi connectivity index (χ4v) is 3.15. The summed E-state index contributed by atoms with van der Waals surface area (Å²) in [7, 11) is 0. The summed E-state index contributed by atoms with van der Waals surface area (Å²) in [5.41, 5.74) is 6.22. The van der Waals surface area contributed by atoms with Crippen molar-refractivity contribution < 1.29 is 4.79 Å². The summed E-state index contributed by atoms with van der Waals surface area (Å²) in [5.74, 6) is -0.364. The summed E-state index contributed by atoms with van der Waals surface area (Å²) in [6.07, 6.45) is 0. The SMILES string of the molecule is NC(=O)c1nc(-c2cccs2)nc2c1[nH]c(=O)n2-c1ccccc1. The van der Waals surface area contributed by atoms with E-state index < -0.39 is 11.6 Å². The van der Waals surface area contributed by atoms with Crippen molar-refractivity contribution in [1.29, 1.82) is 0 Å². The van der Waals surface area contributed by atoms with Crippen LogP contribution in [0.3, 0.4) is 0 Å². The maximum absolute atomic E-state index is 12.4. The topological polar surface area (TPSA) is 107 Å². The number of rotatable bonds is 3. The van der Waals surface area contributed by atoms with Crippen LogP contribution in [0.2, 0.25) is 0 Å². The number of nitrogens with one attached hydrogen (secondary N) is 1. The number of H-pyrrole nitrogens is 1. The highest BCUT2D eigenvalue weighted by Gasteiger charge is 2.20. The van der Waals surface area contributed by atoms with Gasteiger partial charge in [-0.15, -0.1) is 11.3 Å². The van der Waals surface area contributed by atoms with Crippen LogP contribution >= 0.6 is 11.3 Å². The summed E-state index contributed by atoms with van der Waals surface area (Å²) in [4.78, 5) is 36.3. The number of carbonyl (C=O) groups is 1. The minimum absolute atomic E-state index is 0.00446. The third kappa shape index (κ3) is 2.20. The number of carbonyl (C=O) groups excluding carboxylic acids is 1. The number of imidazole rings is 1. The highest BCUT2D eigenvalue weighted by Crippen LogP contribution is 2.24. The van der Waals surface area contributed by atoms with E-state index >= 15 is 0 Å². The Morgan fingerprint density at radius 3 is 2.58 bits per heavy atom. The van der Waals surface area contributed by atoms with Gasteiger partial charge in [0.25, 0.3) is 5.91 Å². The Morgan fingerprint density at radius 1 is 1.12 bits per heavy atom. The molecule has 118 valence electrons. The molecule has 4 rings (SSSR count). The van der Waals surface area contributed by atoms with E-state index in [2.05, 4.69) is 15.0 Å². The van der Waals surface area contributed by atoms with Gasteiger partial charge in [-0.3, -0.25) is 4.79 Å². The zero-order valence-electron chi connectivity index (χ0n) is 12.3. The third-order valence-corrected chi connectivity index (χ3v) is 4.39. The summed E-state index contributed by atoms with van der Waals surface area (Å²) < 4.78 is 1.40. The number of para-hydroxylation sites is 1. The number of aromatic amines is 1. The quantitative estimate of drug-likeness (QED) is 0.595. The Bertz CT molecular complexity index is 1100. The van der Waals surface area contributed by atoms with Crippen molar-refractivity contribution in [2.75, 3.05) is 0 Å². The van der Waals surface area contributed by atoms with Crippen LogP contribution in [0.15, 0.2) is 52.6 Å². The lowest BCUT2D eigenvalue weighted by atomic mass is 10.3. The molecule has 1 amide bonds. The van der Waals surface area contributed by atoms with Crippen LogP contribution in [0.5, 0.6) is 0 Å². The van der Waals surface area contributed by atoms with Crippen molar-refractivity contribution in [1.82, 2.24) is 19.5 Å². The van der Waals surface area contributed by atoms with Crippen LogP contribution < -0.4 is 11.4 Å². The molecule has 0 bridgehead atoms. The number of aromatic nitrogens is 4. The van der Waals surface area contributed by atoms with Gasteiger partial charge < -0.3 is 10.7 Å². The Hall–Kier alpha value is -3.26. The maximum Gasteiger partial charge on any atom is 0.332 e. The molecule has 3 aromatic heterocycles. The van der Waals surface area contributed by atoms with Gasteiger partial charge in [-0.25, -0.2) is 19.3 Å².